The fourth-order valence-corrected chi connectivity index (χ4v) is 0.510. The summed E-state index contributed by atoms with van der Waals surface area (Å²) in [6.45, 7) is 0. The third kappa shape index (κ3) is 2.87. The molecular formula is C4H3BrN2ORu. The van der Waals surface area contributed by atoms with Gasteiger partial charge in [0.1, 0.15) is 0 Å². The maximum atomic E-state index is 8.51. The molecule has 0 fully saturated rings. The van der Waals surface area contributed by atoms with E-state index in [0.29, 0.717) is 0 Å². The van der Waals surface area contributed by atoms with Gasteiger partial charge in [0, 0.05) is 31.9 Å². The summed E-state index contributed by atoms with van der Waals surface area (Å²) in [6, 6.07) is -0.201. The summed E-state index contributed by atoms with van der Waals surface area (Å²) >= 11 is 3.11. The smallest absolute Gasteiger partial charge is 0.313 e. The first-order valence-corrected chi connectivity index (χ1v) is 2.75. The van der Waals surface area contributed by atoms with E-state index in [1.165, 1.54) is 12.4 Å². The molecule has 0 amide bonds. The molecule has 5 heteroatoms. The Labute approximate surface area is 73.4 Å². The van der Waals surface area contributed by atoms with Crippen LogP contribution in [0.4, 0.5) is 0 Å². The van der Waals surface area contributed by atoms with Crippen LogP contribution in [-0.4, -0.2) is 15.1 Å². The zero-order valence-electron chi connectivity index (χ0n) is 4.23. The van der Waals surface area contributed by atoms with Crippen molar-refractivity contribution in [2.75, 3.05) is 0 Å². The van der Waals surface area contributed by atoms with Crippen LogP contribution in [0.1, 0.15) is 0 Å². The minimum atomic E-state index is -0.201. The van der Waals surface area contributed by atoms with Gasteiger partial charge in [0.25, 0.3) is 0 Å². The minimum Gasteiger partial charge on any atom is -0.479 e. The summed E-state index contributed by atoms with van der Waals surface area (Å²) in [7, 11) is 0. The van der Waals surface area contributed by atoms with E-state index in [4.69, 9.17) is 5.11 Å². The average Bonchev–Trinajstić information content (AvgIpc) is 1.77. The van der Waals surface area contributed by atoms with Crippen LogP contribution in [0.15, 0.2) is 16.9 Å². The molecule has 0 bridgehead atoms. The molecule has 1 heterocycles. The Balaban J connectivity index is 0.000000640. The largest absolute Gasteiger partial charge is 0.479 e. The first-order valence-electron chi connectivity index (χ1n) is 1.95. The van der Waals surface area contributed by atoms with Crippen molar-refractivity contribution in [3.8, 4) is 6.01 Å². The summed E-state index contributed by atoms with van der Waals surface area (Å²) in [4.78, 5) is 6.95. The normalized spacial score (nSPS) is 8.11. The Morgan fingerprint density at radius 1 is 1.33 bits per heavy atom. The van der Waals surface area contributed by atoms with Crippen LogP contribution < -0.4 is 0 Å². The van der Waals surface area contributed by atoms with Gasteiger partial charge in [-0.15, -0.1) is 0 Å². The maximum Gasteiger partial charge on any atom is 0.313 e. The van der Waals surface area contributed by atoms with E-state index in [9.17, 15) is 0 Å². The standard InChI is InChI=1S/C4H3BrN2O.Ru/c5-3-1-6-4(8)7-2-3;/h1-2H,(H,6,7,8);. The van der Waals surface area contributed by atoms with Crippen molar-refractivity contribution in [1.29, 1.82) is 0 Å². The molecule has 0 aromatic carbocycles. The van der Waals surface area contributed by atoms with E-state index in [2.05, 4.69) is 25.9 Å². The number of aromatic hydroxyl groups is 1. The molecule has 0 unspecified atom stereocenters. The molecule has 0 radical (unpaired) electrons. The van der Waals surface area contributed by atoms with Crippen LogP contribution in [0.2, 0.25) is 0 Å². The SMILES string of the molecule is Oc1ncc(Br)cn1.[Ru]. The number of hydrogen-bond acceptors (Lipinski definition) is 3. The van der Waals surface area contributed by atoms with Gasteiger partial charge in [-0.3, -0.25) is 0 Å². The molecule has 0 saturated carbocycles. The second-order valence-electron chi connectivity index (χ2n) is 1.20. The first kappa shape index (κ1) is 8.98. The van der Waals surface area contributed by atoms with Crippen molar-refractivity contribution < 1.29 is 24.6 Å². The van der Waals surface area contributed by atoms with Crippen LogP contribution in [-0.2, 0) is 19.5 Å². The van der Waals surface area contributed by atoms with Crippen LogP contribution in [0.3, 0.4) is 0 Å². The van der Waals surface area contributed by atoms with Crippen molar-refractivity contribution >= 4 is 15.9 Å². The van der Waals surface area contributed by atoms with Crippen LogP contribution >= 0.6 is 15.9 Å². The number of halogens is 1. The van der Waals surface area contributed by atoms with Crippen molar-refractivity contribution in [3.05, 3.63) is 16.9 Å². The van der Waals surface area contributed by atoms with Crippen molar-refractivity contribution in [2.45, 2.75) is 0 Å². The van der Waals surface area contributed by atoms with Crippen LogP contribution in [0, 0.1) is 0 Å². The van der Waals surface area contributed by atoms with Gasteiger partial charge in [-0.05, 0) is 15.9 Å². The minimum absolute atomic E-state index is 0. The molecule has 0 atom stereocenters. The molecule has 1 aromatic rings. The van der Waals surface area contributed by atoms with Gasteiger partial charge in [-0.1, -0.05) is 0 Å². The van der Waals surface area contributed by atoms with Gasteiger partial charge in [0.15, 0.2) is 0 Å². The molecule has 1 N–H and O–H groups in total. The Bertz CT molecular complexity index is 157. The van der Waals surface area contributed by atoms with Crippen molar-refractivity contribution in [3.63, 3.8) is 0 Å². The molecule has 0 aliphatic rings. The predicted octanol–water partition coefficient (Wildman–Crippen LogP) is 0.942. The third-order valence-corrected chi connectivity index (χ3v) is 1.02. The monoisotopic (exact) mass is 276 g/mol. The van der Waals surface area contributed by atoms with E-state index < -0.39 is 0 Å². The molecule has 0 aliphatic carbocycles. The molecule has 0 saturated heterocycles. The molecule has 3 nitrogen and oxygen atoms in total. The molecule has 0 aliphatic heterocycles. The maximum absolute atomic E-state index is 8.51. The summed E-state index contributed by atoms with van der Waals surface area (Å²) in [5.41, 5.74) is 0. The Hall–Kier alpha value is -0.0166. The van der Waals surface area contributed by atoms with Gasteiger partial charge < -0.3 is 5.11 Å². The van der Waals surface area contributed by atoms with Gasteiger partial charge in [0.2, 0.25) is 0 Å². The Morgan fingerprint density at radius 2 is 1.78 bits per heavy atom. The van der Waals surface area contributed by atoms with E-state index >= 15 is 0 Å². The molecular weight excluding hydrogens is 273 g/mol. The topological polar surface area (TPSA) is 46.0 Å². The van der Waals surface area contributed by atoms with Crippen molar-refractivity contribution in [2.24, 2.45) is 0 Å². The molecule has 50 valence electrons. The molecule has 1 rings (SSSR count). The molecule has 0 spiro atoms. The summed E-state index contributed by atoms with van der Waals surface area (Å²) in [5, 5.41) is 8.51. The van der Waals surface area contributed by atoms with Crippen molar-refractivity contribution in [1.82, 2.24) is 9.97 Å². The van der Waals surface area contributed by atoms with Gasteiger partial charge in [0.05, 0.1) is 4.47 Å². The average molecular weight is 276 g/mol. The van der Waals surface area contributed by atoms with Crippen LogP contribution in [0.25, 0.3) is 0 Å². The second-order valence-corrected chi connectivity index (χ2v) is 2.12. The quantitative estimate of drug-likeness (QED) is 0.717. The fraction of sp³-hybridized carbons (Fsp3) is 0. The second kappa shape index (κ2) is 3.91. The van der Waals surface area contributed by atoms with E-state index in [1.807, 2.05) is 0 Å². The number of aromatic nitrogens is 2. The fourth-order valence-electron chi connectivity index (χ4n) is 0.305. The summed E-state index contributed by atoms with van der Waals surface area (Å²) in [6.07, 6.45) is 2.95. The van der Waals surface area contributed by atoms with Gasteiger partial charge in [-0.25, -0.2) is 9.97 Å². The zero-order chi connectivity index (χ0) is 5.98. The number of rotatable bonds is 0. The summed E-state index contributed by atoms with van der Waals surface area (Å²) < 4.78 is 0.760. The van der Waals surface area contributed by atoms with Gasteiger partial charge in [-0.2, -0.15) is 0 Å². The zero-order valence-corrected chi connectivity index (χ0v) is 7.55. The third-order valence-electron chi connectivity index (χ3n) is 0.607. The number of hydrogen-bond donors (Lipinski definition) is 1. The molecule has 9 heavy (non-hydrogen) atoms. The van der Waals surface area contributed by atoms with Gasteiger partial charge >= 0.3 is 6.01 Å². The summed E-state index contributed by atoms with van der Waals surface area (Å²) in [5.74, 6) is 0. The first-order chi connectivity index (χ1) is 3.79. The Kier molecular flexibility index (Phi) is 3.90. The Morgan fingerprint density at radius 3 is 2.11 bits per heavy atom. The predicted molar refractivity (Wildman–Crippen MR) is 31.4 cm³/mol. The molecule has 1 aromatic heterocycles. The van der Waals surface area contributed by atoms with E-state index in [0.717, 1.165) is 4.47 Å². The number of nitrogens with zero attached hydrogens (tertiary/aromatic N) is 2. The van der Waals surface area contributed by atoms with E-state index in [1.54, 1.807) is 0 Å². The van der Waals surface area contributed by atoms with Crippen LogP contribution in [0.5, 0.6) is 6.01 Å². The van der Waals surface area contributed by atoms with E-state index in [-0.39, 0.29) is 25.5 Å².